The number of hydrogen-bond donors (Lipinski definition) is 3. The van der Waals surface area contributed by atoms with Crippen LogP contribution in [0.2, 0.25) is 0 Å². The Labute approximate surface area is 166 Å². The van der Waals surface area contributed by atoms with E-state index in [-0.39, 0.29) is 17.7 Å². The molecule has 4 bridgehead atoms. The third-order valence-corrected chi connectivity index (χ3v) is 6.94. The summed E-state index contributed by atoms with van der Waals surface area (Å²) in [5.41, 5.74) is 0.0763. The van der Waals surface area contributed by atoms with Crippen molar-refractivity contribution in [2.45, 2.75) is 50.2 Å². The van der Waals surface area contributed by atoms with Crippen molar-refractivity contribution in [1.29, 1.82) is 0 Å². The summed E-state index contributed by atoms with van der Waals surface area (Å²) >= 11 is 0. The average Bonchev–Trinajstić information content (AvgIpc) is 2.66. The fraction of sp³-hybridized carbons (Fsp3) is 0.682. The minimum absolute atomic E-state index is 0.00393. The van der Waals surface area contributed by atoms with Crippen molar-refractivity contribution in [2.75, 3.05) is 26.2 Å². The van der Waals surface area contributed by atoms with Gasteiger partial charge >= 0.3 is 6.03 Å². The molecule has 1 aliphatic heterocycles. The first-order chi connectivity index (χ1) is 13.7. The van der Waals surface area contributed by atoms with Gasteiger partial charge in [-0.1, -0.05) is 12.1 Å². The predicted octanol–water partition coefficient (Wildman–Crippen LogP) is 2.68. The van der Waals surface area contributed by atoms with Crippen LogP contribution in [0.15, 0.2) is 24.3 Å². The van der Waals surface area contributed by atoms with Crippen molar-refractivity contribution in [2.24, 2.45) is 17.8 Å². The second-order valence-corrected chi connectivity index (χ2v) is 9.28. The topological polar surface area (TPSA) is 71.6 Å². The van der Waals surface area contributed by atoms with Gasteiger partial charge in [0.15, 0.2) is 11.5 Å². The molecule has 28 heavy (non-hydrogen) atoms. The molecule has 0 aromatic heterocycles. The molecule has 1 unspecified atom stereocenters. The molecule has 0 saturated heterocycles. The highest BCUT2D eigenvalue weighted by molar-refractivity contribution is 5.74. The van der Waals surface area contributed by atoms with E-state index in [9.17, 15) is 4.79 Å². The zero-order valence-corrected chi connectivity index (χ0v) is 16.4. The SMILES string of the molecule is O=C(NCCNCC1COc2ccccc2O1)NC12CC3CC(CC(C3)C1)C2. The fourth-order valence-electron chi connectivity index (χ4n) is 6.24. The van der Waals surface area contributed by atoms with Crippen LogP contribution in [0.25, 0.3) is 0 Å². The van der Waals surface area contributed by atoms with Crippen molar-refractivity contribution in [3.63, 3.8) is 0 Å². The van der Waals surface area contributed by atoms with E-state index < -0.39 is 0 Å². The predicted molar refractivity (Wildman–Crippen MR) is 107 cm³/mol. The molecule has 1 aromatic carbocycles. The number of urea groups is 1. The summed E-state index contributed by atoms with van der Waals surface area (Å²) < 4.78 is 11.7. The lowest BCUT2D eigenvalue weighted by Gasteiger charge is -2.56. The number of ether oxygens (including phenoxy) is 2. The average molecular weight is 386 g/mol. The molecule has 1 heterocycles. The van der Waals surface area contributed by atoms with Crippen molar-refractivity contribution < 1.29 is 14.3 Å². The lowest BCUT2D eigenvalue weighted by Crippen LogP contribution is -2.61. The van der Waals surface area contributed by atoms with Crippen molar-refractivity contribution in [3.05, 3.63) is 24.3 Å². The molecule has 4 fully saturated rings. The van der Waals surface area contributed by atoms with E-state index >= 15 is 0 Å². The normalized spacial score (nSPS) is 34.9. The van der Waals surface area contributed by atoms with E-state index in [0.29, 0.717) is 19.7 Å². The van der Waals surface area contributed by atoms with Crippen LogP contribution in [0.4, 0.5) is 4.79 Å². The van der Waals surface area contributed by atoms with Crippen LogP contribution in [0.1, 0.15) is 38.5 Å². The van der Waals surface area contributed by atoms with Gasteiger partial charge in [0.05, 0.1) is 0 Å². The van der Waals surface area contributed by atoms with Crippen LogP contribution in [0.5, 0.6) is 11.5 Å². The highest BCUT2D eigenvalue weighted by atomic mass is 16.6. The number of fused-ring (bicyclic) bond motifs is 1. The van der Waals surface area contributed by atoms with E-state index in [2.05, 4.69) is 16.0 Å². The summed E-state index contributed by atoms with van der Waals surface area (Å²) in [4.78, 5) is 12.4. The third-order valence-electron chi connectivity index (χ3n) is 6.94. The Morgan fingerprint density at radius 2 is 1.68 bits per heavy atom. The molecule has 1 aromatic rings. The second kappa shape index (κ2) is 7.47. The molecule has 5 aliphatic rings. The molecule has 6 heteroatoms. The zero-order chi connectivity index (χ0) is 19.0. The van der Waals surface area contributed by atoms with E-state index in [1.807, 2.05) is 24.3 Å². The van der Waals surface area contributed by atoms with Gasteiger partial charge in [0, 0.05) is 25.2 Å². The minimum atomic E-state index is -0.00470. The summed E-state index contributed by atoms with van der Waals surface area (Å²) in [5.74, 6) is 4.14. The number of benzene rings is 1. The van der Waals surface area contributed by atoms with Gasteiger partial charge in [-0.15, -0.1) is 0 Å². The molecule has 6 nitrogen and oxygen atoms in total. The van der Waals surface area contributed by atoms with Gasteiger partial charge in [0.1, 0.15) is 12.7 Å². The van der Waals surface area contributed by atoms with Crippen molar-refractivity contribution >= 4 is 6.03 Å². The van der Waals surface area contributed by atoms with Gasteiger partial charge in [-0.05, 0) is 68.4 Å². The van der Waals surface area contributed by atoms with Crippen LogP contribution in [0.3, 0.4) is 0 Å². The molecule has 6 rings (SSSR count). The van der Waals surface area contributed by atoms with Gasteiger partial charge in [-0.25, -0.2) is 4.79 Å². The van der Waals surface area contributed by atoms with Crippen LogP contribution in [-0.4, -0.2) is 43.9 Å². The van der Waals surface area contributed by atoms with Crippen LogP contribution >= 0.6 is 0 Å². The Bertz CT molecular complexity index is 687. The second-order valence-electron chi connectivity index (χ2n) is 9.28. The van der Waals surface area contributed by atoms with Gasteiger partial charge in [0.2, 0.25) is 0 Å². The Morgan fingerprint density at radius 1 is 1.00 bits per heavy atom. The molecule has 4 aliphatic carbocycles. The maximum atomic E-state index is 12.4. The number of rotatable bonds is 6. The molecule has 3 N–H and O–H groups in total. The lowest BCUT2D eigenvalue weighted by molar-refractivity contribution is -0.0135. The molecule has 0 radical (unpaired) electrons. The Balaban J connectivity index is 1.01. The van der Waals surface area contributed by atoms with E-state index in [4.69, 9.17) is 9.47 Å². The first-order valence-corrected chi connectivity index (χ1v) is 10.8. The van der Waals surface area contributed by atoms with Gasteiger partial charge < -0.3 is 25.4 Å². The summed E-state index contributed by atoms with van der Waals surface area (Å²) in [6.07, 6.45) is 7.73. The zero-order valence-electron chi connectivity index (χ0n) is 16.4. The van der Waals surface area contributed by atoms with Gasteiger partial charge in [-0.3, -0.25) is 0 Å². The molecule has 2 amide bonds. The van der Waals surface area contributed by atoms with Crippen LogP contribution < -0.4 is 25.4 Å². The monoisotopic (exact) mass is 385 g/mol. The maximum absolute atomic E-state index is 12.4. The molecule has 1 atom stereocenters. The summed E-state index contributed by atoms with van der Waals surface area (Å²) in [6, 6.07) is 7.74. The number of amides is 2. The fourth-order valence-corrected chi connectivity index (χ4v) is 6.24. The lowest BCUT2D eigenvalue weighted by atomic mass is 9.53. The number of nitrogens with one attached hydrogen (secondary N) is 3. The number of hydrogen-bond acceptors (Lipinski definition) is 4. The highest BCUT2D eigenvalue weighted by Crippen LogP contribution is 2.55. The maximum Gasteiger partial charge on any atom is 0.315 e. The smallest absolute Gasteiger partial charge is 0.315 e. The summed E-state index contributed by atoms with van der Waals surface area (Å²) in [5, 5.41) is 9.73. The van der Waals surface area contributed by atoms with Crippen molar-refractivity contribution in [1.82, 2.24) is 16.0 Å². The molecular formula is C22H31N3O3. The Kier molecular flexibility index (Phi) is 4.83. The summed E-state index contributed by atoms with van der Waals surface area (Å²) in [7, 11) is 0. The minimum Gasteiger partial charge on any atom is -0.486 e. The molecule has 4 saturated carbocycles. The van der Waals surface area contributed by atoms with E-state index in [1.165, 1.54) is 38.5 Å². The highest BCUT2D eigenvalue weighted by Gasteiger charge is 2.51. The first-order valence-electron chi connectivity index (χ1n) is 10.8. The van der Waals surface area contributed by atoms with Crippen molar-refractivity contribution in [3.8, 4) is 11.5 Å². The van der Waals surface area contributed by atoms with Crippen LogP contribution in [0, 0.1) is 17.8 Å². The molecule has 0 spiro atoms. The third kappa shape index (κ3) is 3.79. The Hall–Kier alpha value is -1.95. The number of carbonyl (C=O) groups excluding carboxylic acids is 1. The molecule has 152 valence electrons. The summed E-state index contributed by atoms with van der Waals surface area (Å²) in [6.45, 7) is 2.58. The van der Waals surface area contributed by atoms with E-state index in [1.54, 1.807) is 0 Å². The standard InChI is InChI=1S/C22H31N3O3/c26-21(25-22-10-15-7-16(11-22)9-17(8-15)12-22)24-6-5-23-13-18-14-27-19-3-1-2-4-20(19)28-18/h1-4,15-18,23H,5-14H2,(H2,24,25,26). The molecular weight excluding hydrogens is 354 g/mol. The Morgan fingerprint density at radius 3 is 2.39 bits per heavy atom. The number of para-hydroxylation sites is 2. The van der Waals surface area contributed by atoms with E-state index in [0.717, 1.165) is 35.8 Å². The number of carbonyl (C=O) groups is 1. The quantitative estimate of drug-likeness (QED) is 0.659. The van der Waals surface area contributed by atoms with Crippen LogP contribution in [-0.2, 0) is 0 Å². The first kappa shape index (κ1) is 18.1. The van der Waals surface area contributed by atoms with Gasteiger partial charge in [-0.2, -0.15) is 0 Å². The largest absolute Gasteiger partial charge is 0.486 e. The van der Waals surface area contributed by atoms with Gasteiger partial charge in [0.25, 0.3) is 0 Å².